The number of carbonyl (C=O) groups is 1. The Bertz CT molecular complexity index is 857. The average molecular weight is 393 g/mol. The second-order valence-electron chi connectivity index (χ2n) is 7.17. The van der Waals surface area contributed by atoms with Crippen LogP contribution in [0, 0.1) is 11.7 Å². The first kappa shape index (κ1) is 17.8. The lowest BCUT2D eigenvalue weighted by molar-refractivity contribution is -0.132. The van der Waals surface area contributed by atoms with Crippen molar-refractivity contribution in [1.82, 2.24) is 29.1 Å². The normalized spacial score (nSPS) is 18.5. The van der Waals surface area contributed by atoms with Crippen LogP contribution in [0.5, 0.6) is 0 Å². The highest BCUT2D eigenvalue weighted by Crippen LogP contribution is 2.38. The maximum absolute atomic E-state index is 12.5. The molecule has 1 aliphatic carbocycles. The summed E-state index contributed by atoms with van der Waals surface area (Å²) >= 11 is 7.10. The molecule has 3 heterocycles. The molecule has 2 aromatic rings. The largest absolute Gasteiger partial charge is 0.340 e. The van der Waals surface area contributed by atoms with Crippen LogP contribution >= 0.6 is 23.6 Å². The van der Waals surface area contributed by atoms with Crippen molar-refractivity contribution in [3.05, 3.63) is 26.7 Å². The number of piperazine rings is 1. The zero-order valence-electron chi connectivity index (χ0n) is 15.2. The number of rotatable bonds is 5. The topological polar surface area (TPSA) is 59.2 Å². The Morgan fingerprint density at radius 3 is 2.65 bits per heavy atom. The van der Waals surface area contributed by atoms with Gasteiger partial charge in [-0.15, -0.1) is 11.3 Å². The van der Waals surface area contributed by atoms with Gasteiger partial charge in [-0.2, -0.15) is 5.10 Å². The van der Waals surface area contributed by atoms with E-state index in [1.807, 2.05) is 33.5 Å². The van der Waals surface area contributed by atoms with E-state index in [1.54, 1.807) is 11.3 Å². The summed E-state index contributed by atoms with van der Waals surface area (Å²) in [5.74, 6) is 1.87. The minimum absolute atomic E-state index is 0.171. The summed E-state index contributed by atoms with van der Waals surface area (Å²) in [6, 6.07) is 0. The van der Waals surface area contributed by atoms with Crippen LogP contribution in [-0.2, 0) is 24.9 Å². The van der Waals surface area contributed by atoms with E-state index in [0.717, 1.165) is 47.5 Å². The lowest BCUT2D eigenvalue weighted by Gasteiger charge is -2.34. The second kappa shape index (κ2) is 7.21. The lowest BCUT2D eigenvalue weighted by atomic mass is 10.3. The molecule has 0 N–H and O–H groups in total. The number of hydrogen-bond acceptors (Lipinski definition) is 6. The first-order chi connectivity index (χ1) is 12.5. The number of aryl methyl sites for hydroxylation is 1. The maximum atomic E-state index is 12.5. The molecular formula is C17H24N6OS2. The van der Waals surface area contributed by atoms with E-state index in [0.29, 0.717) is 19.0 Å². The fraction of sp³-hybridized carbons (Fsp3) is 0.647. The van der Waals surface area contributed by atoms with Crippen molar-refractivity contribution in [3.8, 4) is 0 Å². The SMILES string of the molecule is Cc1csc(CC(=O)N2CCN(Cn3nc(C4CC4)n(C)c3=S)CC2)n1. The Morgan fingerprint density at radius 2 is 2.04 bits per heavy atom. The molecule has 1 saturated carbocycles. The van der Waals surface area contributed by atoms with Crippen LogP contribution in [0.3, 0.4) is 0 Å². The molecule has 0 aromatic carbocycles. The van der Waals surface area contributed by atoms with Gasteiger partial charge in [0.15, 0.2) is 4.77 Å². The lowest BCUT2D eigenvalue weighted by Crippen LogP contribution is -2.49. The van der Waals surface area contributed by atoms with Crippen LogP contribution in [0.1, 0.15) is 35.3 Å². The number of thiazole rings is 1. The van der Waals surface area contributed by atoms with E-state index in [1.165, 1.54) is 12.8 Å². The molecular weight excluding hydrogens is 368 g/mol. The van der Waals surface area contributed by atoms with Crippen molar-refractivity contribution < 1.29 is 4.79 Å². The Kier molecular flexibility index (Phi) is 4.94. The molecule has 26 heavy (non-hydrogen) atoms. The summed E-state index contributed by atoms with van der Waals surface area (Å²) in [5, 5.41) is 7.62. The summed E-state index contributed by atoms with van der Waals surface area (Å²) < 4.78 is 4.76. The molecule has 140 valence electrons. The minimum Gasteiger partial charge on any atom is -0.340 e. The summed E-state index contributed by atoms with van der Waals surface area (Å²) in [4.78, 5) is 21.1. The number of nitrogens with zero attached hydrogens (tertiary/aromatic N) is 6. The van der Waals surface area contributed by atoms with Crippen molar-refractivity contribution >= 4 is 29.5 Å². The van der Waals surface area contributed by atoms with Crippen molar-refractivity contribution in [1.29, 1.82) is 0 Å². The number of hydrogen-bond donors (Lipinski definition) is 0. The number of aromatic nitrogens is 4. The average Bonchev–Trinajstić information content (AvgIpc) is 3.34. The molecule has 0 radical (unpaired) electrons. The quantitative estimate of drug-likeness (QED) is 0.728. The van der Waals surface area contributed by atoms with Crippen molar-refractivity contribution in [3.63, 3.8) is 0 Å². The van der Waals surface area contributed by atoms with Crippen LogP contribution in [0.25, 0.3) is 0 Å². The second-order valence-corrected chi connectivity index (χ2v) is 8.48. The highest BCUT2D eigenvalue weighted by molar-refractivity contribution is 7.71. The number of carbonyl (C=O) groups excluding carboxylic acids is 1. The zero-order valence-corrected chi connectivity index (χ0v) is 16.9. The maximum Gasteiger partial charge on any atom is 0.229 e. The van der Waals surface area contributed by atoms with Gasteiger partial charge in [0.1, 0.15) is 10.8 Å². The van der Waals surface area contributed by atoms with Gasteiger partial charge in [0, 0.05) is 50.2 Å². The van der Waals surface area contributed by atoms with Crippen molar-refractivity contribution in [2.75, 3.05) is 26.2 Å². The Morgan fingerprint density at radius 1 is 1.31 bits per heavy atom. The minimum atomic E-state index is 0.171. The smallest absolute Gasteiger partial charge is 0.229 e. The molecule has 0 spiro atoms. The predicted octanol–water partition coefficient (Wildman–Crippen LogP) is 1.94. The van der Waals surface area contributed by atoms with Crippen LogP contribution in [0.2, 0.25) is 0 Å². The molecule has 0 bridgehead atoms. The van der Waals surface area contributed by atoms with E-state index in [9.17, 15) is 4.79 Å². The summed E-state index contributed by atoms with van der Waals surface area (Å²) in [7, 11) is 2.01. The van der Waals surface area contributed by atoms with Gasteiger partial charge in [0.05, 0.1) is 13.1 Å². The Labute approximate surface area is 162 Å². The molecule has 2 aromatic heterocycles. The Hall–Kier alpha value is -1.58. The molecule has 1 saturated heterocycles. The van der Waals surface area contributed by atoms with E-state index in [-0.39, 0.29) is 5.91 Å². The van der Waals surface area contributed by atoms with Crippen molar-refractivity contribution in [2.24, 2.45) is 7.05 Å². The fourth-order valence-electron chi connectivity index (χ4n) is 3.35. The third kappa shape index (κ3) is 3.74. The van der Waals surface area contributed by atoms with Crippen LogP contribution < -0.4 is 0 Å². The van der Waals surface area contributed by atoms with Gasteiger partial charge in [0.2, 0.25) is 5.91 Å². The third-order valence-electron chi connectivity index (χ3n) is 5.05. The molecule has 2 fully saturated rings. The molecule has 7 nitrogen and oxygen atoms in total. The van der Waals surface area contributed by atoms with Gasteiger partial charge in [-0.05, 0) is 32.0 Å². The molecule has 1 aliphatic heterocycles. The molecule has 4 rings (SSSR count). The highest BCUT2D eigenvalue weighted by Gasteiger charge is 2.29. The first-order valence-corrected chi connectivity index (χ1v) is 10.3. The molecule has 0 unspecified atom stereocenters. The van der Waals surface area contributed by atoms with E-state index >= 15 is 0 Å². The fourth-order valence-corrected chi connectivity index (χ4v) is 4.30. The molecule has 2 aliphatic rings. The van der Waals surface area contributed by atoms with Crippen LogP contribution in [0.15, 0.2) is 5.38 Å². The highest BCUT2D eigenvalue weighted by atomic mass is 32.1. The van der Waals surface area contributed by atoms with Gasteiger partial charge in [0.25, 0.3) is 0 Å². The van der Waals surface area contributed by atoms with E-state index < -0.39 is 0 Å². The number of amides is 1. The predicted molar refractivity (Wildman–Crippen MR) is 103 cm³/mol. The van der Waals surface area contributed by atoms with Crippen LogP contribution in [0.4, 0.5) is 0 Å². The molecule has 0 atom stereocenters. The van der Waals surface area contributed by atoms with Gasteiger partial charge in [-0.1, -0.05) is 0 Å². The van der Waals surface area contributed by atoms with E-state index in [2.05, 4.69) is 9.88 Å². The van der Waals surface area contributed by atoms with Crippen LogP contribution in [-0.4, -0.2) is 61.2 Å². The van der Waals surface area contributed by atoms with E-state index in [4.69, 9.17) is 17.3 Å². The van der Waals surface area contributed by atoms with Gasteiger partial charge < -0.3 is 9.47 Å². The summed E-state index contributed by atoms with van der Waals surface area (Å²) in [6.45, 7) is 5.85. The molecule has 9 heteroatoms. The summed E-state index contributed by atoms with van der Waals surface area (Å²) in [6.07, 6.45) is 2.85. The first-order valence-electron chi connectivity index (χ1n) is 9.06. The van der Waals surface area contributed by atoms with Crippen molar-refractivity contribution in [2.45, 2.75) is 38.8 Å². The zero-order chi connectivity index (χ0) is 18.3. The molecule has 1 amide bonds. The third-order valence-corrected chi connectivity index (χ3v) is 6.50. The standard InChI is InChI=1S/C17H24N6OS2/c1-12-10-26-14(18-12)9-15(24)22-7-5-21(6-8-22)11-23-17(25)20(2)16(19-23)13-3-4-13/h10,13H,3-9,11H2,1-2H3. The van der Waals surface area contributed by atoms with Gasteiger partial charge in [-0.25, -0.2) is 9.67 Å². The summed E-state index contributed by atoms with van der Waals surface area (Å²) in [5.41, 5.74) is 0.986. The van der Waals surface area contributed by atoms with Gasteiger partial charge in [-0.3, -0.25) is 9.69 Å². The Balaban J connectivity index is 1.32. The monoisotopic (exact) mass is 392 g/mol. The van der Waals surface area contributed by atoms with Gasteiger partial charge >= 0.3 is 0 Å².